The maximum Gasteiger partial charge on any atom is 0.481 e. The second-order valence-corrected chi connectivity index (χ2v) is 13.7. The monoisotopic (exact) mass is 698 g/mol. The predicted octanol–water partition coefficient (Wildman–Crippen LogP) is 11.6. The Hall–Kier alpha value is -3.70. The van der Waals surface area contributed by atoms with Gasteiger partial charge in [-0.2, -0.15) is 0 Å². The molecule has 4 nitrogen and oxygen atoms in total. The molecular formula is C39H30Cl3O4P. The van der Waals surface area contributed by atoms with E-state index in [1.807, 2.05) is 109 Å². The maximum absolute atomic E-state index is 15.8. The van der Waals surface area contributed by atoms with Crippen LogP contribution in [0.2, 0.25) is 0 Å². The van der Waals surface area contributed by atoms with Crippen molar-refractivity contribution < 1.29 is 18.1 Å². The summed E-state index contributed by atoms with van der Waals surface area (Å²) in [7, 11) is -4.97. The molecular weight excluding hydrogens is 670 g/mol. The van der Waals surface area contributed by atoms with Gasteiger partial charge in [-0.15, -0.1) is 0 Å². The number of phosphoric acid groups is 1. The number of benzene rings is 6. The molecule has 0 aliphatic carbocycles. The van der Waals surface area contributed by atoms with E-state index in [0.29, 0.717) is 33.4 Å². The first kappa shape index (κ1) is 33.2. The molecule has 6 rings (SSSR count). The molecule has 0 saturated carbocycles. The summed E-state index contributed by atoms with van der Waals surface area (Å²) in [5.41, 5.74) is 2.91. The normalized spacial score (nSPS) is 12.5. The lowest BCUT2D eigenvalue weighted by atomic mass is 10.0. The Morgan fingerprint density at radius 2 is 0.468 bits per heavy atom. The summed E-state index contributed by atoms with van der Waals surface area (Å²) < 4.78 is 35.5. The molecule has 0 amide bonds. The van der Waals surface area contributed by atoms with Crippen molar-refractivity contribution in [3.05, 3.63) is 215 Å². The van der Waals surface area contributed by atoms with Gasteiger partial charge in [-0.05, 0) is 0 Å². The Morgan fingerprint density at radius 3 is 0.617 bits per heavy atom. The Morgan fingerprint density at radius 1 is 0.319 bits per heavy atom. The first-order valence-corrected chi connectivity index (χ1v) is 17.5. The van der Waals surface area contributed by atoms with Gasteiger partial charge in [0.2, 0.25) is 15.2 Å². The molecule has 0 saturated heterocycles. The molecule has 8 heteroatoms. The molecule has 0 aliphatic rings. The average molecular weight is 700 g/mol. The minimum absolute atomic E-state index is 0.486. The fraction of sp³-hybridized carbons (Fsp3) is 0.0769. The van der Waals surface area contributed by atoms with Crippen LogP contribution in [0.25, 0.3) is 0 Å². The highest BCUT2D eigenvalue weighted by molar-refractivity contribution is 7.48. The Bertz CT molecular complexity index is 1570. The van der Waals surface area contributed by atoms with Crippen molar-refractivity contribution in [2.24, 2.45) is 0 Å². The largest absolute Gasteiger partial charge is 0.481 e. The third-order valence-electron chi connectivity index (χ3n) is 7.58. The average Bonchev–Trinajstić information content (AvgIpc) is 3.13. The zero-order valence-electron chi connectivity index (χ0n) is 25.0. The van der Waals surface area contributed by atoms with Crippen LogP contribution in [0.3, 0.4) is 0 Å². The van der Waals surface area contributed by atoms with Crippen LogP contribution in [0.5, 0.6) is 0 Å². The minimum Gasteiger partial charge on any atom is -0.255 e. The standard InChI is InChI=1S/C39H30Cl3O4P/c40-37(31-19-7-1-8-20-31,32-21-9-2-10-22-32)44-47(43,45-38(41,33-23-11-3-12-24-33)34-25-13-4-14-26-34)46-39(42,35-27-15-5-16-28-35)36-29-17-6-18-30-36/h1-30H. The van der Waals surface area contributed by atoms with Gasteiger partial charge in [0, 0.05) is 33.4 Å². The van der Waals surface area contributed by atoms with Gasteiger partial charge in [0.05, 0.1) is 0 Å². The van der Waals surface area contributed by atoms with Crippen LogP contribution in [0.15, 0.2) is 182 Å². The van der Waals surface area contributed by atoms with E-state index in [1.54, 1.807) is 72.8 Å². The molecule has 0 heterocycles. The minimum atomic E-state index is -4.97. The molecule has 0 bridgehead atoms. The van der Waals surface area contributed by atoms with Crippen LogP contribution >= 0.6 is 42.6 Å². The van der Waals surface area contributed by atoms with Crippen LogP contribution in [0, 0.1) is 0 Å². The van der Waals surface area contributed by atoms with Crippen LogP contribution < -0.4 is 0 Å². The summed E-state index contributed by atoms with van der Waals surface area (Å²) in [5, 5.41) is -5.60. The number of rotatable bonds is 12. The maximum atomic E-state index is 15.8. The van der Waals surface area contributed by atoms with Gasteiger partial charge in [0.1, 0.15) is 0 Å². The lowest BCUT2D eigenvalue weighted by Crippen LogP contribution is -2.32. The highest BCUT2D eigenvalue weighted by Crippen LogP contribution is 2.67. The van der Waals surface area contributed by atoms with Crippen molar-refractivity contribution in [2.75, 3.05) is 0 Å². The lowest BCUT2D eigenvalue weighted by molar-refractivity contribution is 0.0215. The van der Waals surface area contributed by atoms with Gasteiger partial charge in [0.15, 0.2) is 0 Å². The van der Waals surface area contributed by atoms with Gasteiger partial charge in [0.25, 0.3) is 0 Å². The number of halogens is 3. The van der Waals surface area contributed by atoms with Crippen molar-refractivity contribution >= 4 is 42.6 Å². The Kier molecular flexibility index (Phi) is 10.0. The molecule has 0 unspecified atom stereocenters. The second-order valence-electron chi connectivity index (χ2n) is 10.7. The van der Waals surface area contributed by atoms with E-state index >= 15 is 4.57 Å². The smallest absolute Gasteiger partial charge is 0.255 e. The van der Waals surface area contributed by atoms with E-state index in [-0.39, 0.29) is 0 Å². The molecule has 6 aromatic carbocycles. The fourth-order valence-electron chi connectivity index (χ4n) is 5.25. The molecule has 47 heavy (non-hydrogen) atoms. The van der Waals surface area contributed by atoms with E-state index in [0.717, 1.165) is 0 Å². The highest BCUT2D eigenvalue weighted by Gasteiger charge is 2.53. The van der Waals surface area contributed by atoms with Gasteiger partial charge in [-0.1, -0.05) is 217 Å². The first-order valence-electron chi connectivity index (χ1n) is 14.9. The van der Waals surface area contributed by atoms with Crippen LogP contribution in [-0.4, -0.2) is 0 Å². The summed E-state index contributed by atoms with van der Waals surface area (Å²) >= 11 is 22.4. The topological polar surface area (TPSA) is 44.8 Å². The highest BCUT2D eigenvalue weighted by atomic mass is 35.5. The summed E-state index contributed by atoms with van der Waals surface area (Å²) in [5.74, 6) is 0. The predicted molar refractivity (Wildman–Crippen MR) is 189 cm³/mol. The molecule has 0 fully saturated rings. The van der Waals surface area contributed by atoms with Gasteiger partial charge in [-0.25, -0.2) is 4.57 Å². The van der Waals surface area contributed by atoms with Crippen molar-refractivity contribution in [3.8, 4) is 0 Å². The van der Waals surface area contributed by atoms with E-state index in [9.17, 15) is 0 Å². The zero-order valence-corrected chi connectivity index (χ0v) is 28.2. The van der Waals surface area contributed by atoms with Crippen molar-refractivity contribution in [1.82, 2.24) is 0 Å². The van der Waals surface area contributed by atoms with E-state index in [1.165, 1.54) is 0 Å². The van der Waals surface area contributed by atoms with Gasteiger partial charge in [-0.3, -0.25) is 13.6 Å². The summed E-state index contributed by atoms with van der Waals surface area (Å²) in [6, 6.07) is 54.1. The second kappa shape index (κ2) is 14.2. The van der Waals surface area contributed by atoms with Crippen LogP contribution in [0.4, 0.5) is 0 Å². The lowest BCUT2D eigenvalue weighted by Gasteiger charge is -2.39. The van der Waals surface area contributed by atoms with E-state index in [2.05, 4.69) is 0 Å². The molecule has 0 N–H and O–H groups in total. The van der Waals surface area contributed by atoms with Crippen molar-refractivity contribution in [3.63, 3.8) is 0 Å². The summed E-state index contributed by atoms with van der Waals surface area (Å²) in [6.45, 7) is 0. The summed E-state index contributed by atoms with van der Waals surface area (Å²) in [4.78, 5) is 0. The molecule has 0 atom stereocenters. The molecule has 236 valence electrons. The van der Waals surface area contributed by atoms with Crippen LogP contribution in [-0.2, 0) is 33.3 Å². The van der Waals surface area contributed by atoms with E-state index < -0.39 is 23.0 Å². The third-order valence-corrected chi connectivity index (χ3v) is 10.9. The SMILES string of the molecule is O=P(OC(Cl)(c1ccccc1)c1ccccc1)(OC(Cl)(c1ccccc1)c1ccccc1)OC(Cl)(c1ccccc1)c1ccccc1. The Labute approximate surface area is 290 Å². The molecule has 6 aromatic rings. The molecule has 0 aromatic heterocycles. The molecule has 0 spiro atoms. The Balaban J connectivity index is 1.58. The van der Waals surface area contributed by atoms with E-state index in [4.69, 9.17) is 48.4 Å². The number of hydrogen-bond acceptors (Lipinski definition) is 4. The summed E-state index contributed by atoms with van der Waals surface area (Å²) in [6.07, 6.45) is 0. The number of phosphoric ester groups is 1. The molecule has 0 radical (unpaired) electrons. The first-order chi connectivity index (χ1) is 22.8. The zero-order chi connectivity index (χ0) is 32.8. The third kappa shape index (κ3) is 7.11. The van der Waals surface area contributed by atoms with Crippen LogP contribution in [0.1, 0.15) is 33.4 Å². The van der Waals surface area contributed by atoms with Crippen molar-refractivity contribution in [1.29, 1.82) is 0 Å². The quantitative estimate of drug-likeness (QED) is 0.0942. The molecule has 0 aliphatic heterocycles. The number of alkyl halides is 3. The van der Waals surface area contributed by atoms with Gasteiger partial charge >= 0.3 is 7.82 Å². The number of hydrogen-bond donors (Lipinski definition) is 0. The fourth-order valence-corrected chi connectivity index (χ4v) is 8.43. The van der Waals surface area contributed by atoms with Crippen molar-refractivity contribution in [2.45, 2.75) is 15.2 Å². The van der Waals surface area contributed by atoms with Gasteiger partial charge < -0.3 is 0 Å².